The molecule has 2 heterocycles. The van der Waals surface area contributed by atoms with Crippen LogP contribution in [0, 0.1) is 17.8 Å². The fraction of sp³-hybridized carbons (Fsp3) is 0.684. The predicted molar refractivity (Wildman–Crippen MR) is 87.9 cm³/mol. The van der Waals surface area contributed by atoms with Gasteiger partial charge < -0.3 is 10.6 Å². The topological polar surface area (TPSA) is 24.1 Å². The molecule has 5 atom stereocenters. The lowest BCUT2D eigenvalue weighted by atomic mass is 9.63. The van der Waals surface area contributed by atoms with E-state index >= 15 is 0 Å². The van der Waals surface area contributed by atoms with E-state index in [1.807, 2.05) is 0 Å². The van der Waals surface area contributed by atoms with Crippen molar-refractivity contribution >= 4 is 0 Å². The first-order valence-corrected chi connectivity index (χ1v) is 8.80. The van der Waals surface area contributed by atoms with Gasteiger partial charge in [-0.2, -0.15) is 0 Å². The summed E-state index contributed by atoms with van der Waals surface area (Å²) in [7, 11) is 0. The average Bonchev–Trinajstić information content (AvgIpc) is 2.80. The maximum Gasteiger partial charge on any atom is 0.0336 e. The Labute approximate surface area is 128 Å². The van der Waals surface area contributed by atoms with Crippen molar-refractivity contribution in [2.45, 2.75) is 58.0 Å². The molecular formula is C19H28N2. The highest BCUT2D eigenvalue weighted by Crippen LogP contribution is 2.50. The number of rotatable bonds is 2. The van der Waals surface area contributed by atoms with Crippen LogP contribution in [0.25, 0.3) is 0 Å². The molecule has 2 nitrogen and oxygen atoms in total. The third kappa shape index (κ3) is 1.81. The van der Waals surface area contributed by atoms with Crippen LogP contribution in [0.5, 0.6) is 0 Å². The maximum absolute atomic E-state index is 3.94. The van der Waals surface area contributed by atoms with Gasteiger partial charge in [0.05, 0.1) is 0 Å². The minimum Gasteiger partial charge on any atom is -0.385 e. The van der Waals surface area contributed by atoms with Crippen molar-refractivity contribution in [3.63, 3.8) is 0 Å². The molecule has 0 radical (unpaired) electrons. The van der Waals surface area contributed by atoms with Gasteiger partial charge in [-0.1, -0.05) is 38.5 Å². The molecule has 0 aromatic carbocycles. The van der Waals surface area contributed by atoms with Crippen molar-refractivity contribution in [1.82, 2.24) is 10.6 Å². The molecule has 2 aliphatic carbocycles. The van der Waals surface area contributed by atoms with Crippen molar-refractivity contribution in [1.29, 1.82) is 0 Å². The van der Waals surface area contributed by atoms with Gasteiger partial charge in [-0.05, 0) is 49.2 Å². The molecule has 4 bridgehead atoms. The summed E-state index contributed by atoms with van der Waals surface area (Å²) in [4.78, 5) is 0. The number of nitrogens with one attached hydrogen (secondary N) is 2. The number of hydrogen-bond acceptors (Lipinski definition) is 2. The molecule has 2 N–H and O–H groups in total. The van der Waals surface area contributed by atoms with Crippen LogP contribution < -0.4 is 10.6 Å². The van der Waals surface area contributed by atoms with E-state index in [9.17, 15) is 0 Å². The Balaban J connectivity index is 1.91. The summed E-state index contributed by atoms with van der Waals surface area (Å²) >= 11 is 0. The molecule has 5 unspecified atom stereocenters. The van der Waals surface area contributed by atoms with Crippen LogP contribution in [-0.4, -0.2) is 18.1 Å². The van der Waals surface area contributed by atoms with Gasteiger partial charge in [0, 0.05) is 29.7 Å². The Morgan fingerprint density at radius 3 is 2.95 bits per heavy atom. The summed E-state index contributed by atoms with van der Waals surface area (Å²) in [5.41, 5.74) is 4.98. The maximum atomic E-state index is 3.94. The van der Waals surface area contributed by atoms with Gasteiger partial charge in [-0.3, -0.25) is 0 Å². The minimum absolute atomic E-state index is 0.268. The first-order chi connectivity index (χ1) is 10.2. The monoisotopic (exact) mass is 284 g/mol. The van der Waals surface area contributed by atoms with Crippen LogP contribution in [0.3, 0.4) is 0 Å². The highest BCUT2D eigenvalue weighted by atomic mass is 15.1. The Morgan fingerprint density at radius 2 is 2.19 bits per heavy atom. The van der Waals surface area contributed by atoms with Crippen LogP contribution in [0.4, 0.5) is 0 Å². The Kier molecular flexibility index (Phi) is 3.08. The zero-order chi connectivity index (χ0) is 14.6. The average molecular weight is 284 g/mol. The Morgan fingerprint density at radius 1 is 1.33 bits per heavy atom. The van der Waals surface area contributed by atoms with Crippen LogP contribution in [0.15, 0.2) is 35.1 Å². The summed E-state index contributed by atoms with van der Waals surface area (Å²) in [6, 6.07) is 0.637. The molecule has 0 spiro atoms. The fourth-order valence-corrected chi connectivity index (χ4v) is 5.52. The smallest absolute Gasteiger partial charge is 0.0336 e. The van der Waals surface area contributed by atoms with Crippen molar-refractivity contribution < 1.29 is 0 Å². The zero-order valence-electron chi connectivity index (χ0n) is 13.6. The number of hydrogen-bond donors (Lipinski definition) is 2. The van der Waals surface area contributed by atoms with E-state index < -0.39 is 0 Å². The second-order valence-corrected chi connectivity index (χ2v) is 7.48. The van der Waals surface area contributed by atoms with E-state index in [0.717, 1.165) is 18.4 Å². The SMILES string of the molecule is CCC1C2NC3=CC4=C(CC3C2C)CC1(CC)NCC=C4. The molecule has 1 saturated heterocycles. The van der Waals surface area contributed by atoms with Crippen molar-refractivity contribution in [3.05, 3.63) is 35.1 Å². The summed E-state index contributed by atoms with van der Waals surface area (Å²) in [5.74, 6) is 2.21. The van der Waals surface area contributed by atoms with E-state index in [0.29, 0.717) is 12.0 Å². The molecule has 0 aromatic heterocycles. The van der Waals surface area contributed by atoms with Crippen LogP contribution in [-0.2, 0) is 0 Å². The van der Waals surface area contributed by atoms with Crippen molar-refractivity contribution in [2.24, 2.45) is 17.8 Å². The lowest BCUT2D eigenvalue weighted by molar-refractivity contribution is 0.125. The predicted octanol–water partition coefficient (Wildman–Crippen LogP) is 3.53. The molecule has 4 rings (SSSR count). The summed E-state index contributed by atoms with van der Waals surface area (Å²) < 4.78 is 0. The van der Waals surface area contributed by atoms with Gasteiger partial charge in [0.2, 0.25) is 0 Å². The Hall–Kier alpha value is -1.02. The largest absolute Gasteiger partial charge is 0.385 e. The van der Waals surface area contributed by atoms with E-state index in [1.165, 1.54) is 37.0 Å². The molecule has 2 fully saturated rings. The standard InChI is InChI=1S/C19H28N2/c1-4-16-18-12(3)15-9-14-11-19(16,5-2)20-8-6-7-13(14)10-17(15)21-18/h6-7,10,12,15-16,18,20-21H,4-5,8-9,11H2,1-3H3. The Bertz CT molecular complexity index is 542. The quantitative estimate of drug-likeness (QED) is 0.810. The normalized spacial score (nSPS) is 44.0. The molecule has 4 aliphatic rings. The molecule has 21 heavy (non-hydrogen) atoms. The summed E-state index contributed by atoms with van der Waals surface area (Å²) in [5, 5.41) is 7.88. The second kappa shape index (κ2) is 4.74. The third-order valence-corrected chi connectivity index (χ3v) is 6.73. The molecule has 2 heteroatoms. The van der Waals surface area contributed by atoms with Gasteiger partial charge in [-0.15, -0.1) is 0 Å². The number of allylic oxidation sites excluding steroid dienone is 4. The summed E-state index contributed by atoms with van der Waals surface area (Å²) in [6.07, 6.45) is 12.1. The molecule has 114 valence electrons. The van der Waals surface area contributed by atoms with E-state index in [4.69, 9.17) is 0 Å². The van der Waals surface area contributed by atoms with E-state index in [2.05, 4.69) is 49.6 Å². The third-order valence-electron chi connectivity index (χ3n) is 6.73. The zero-order valence-corrected chi connectivity index (χ0v) is 13.6. The molecule has 2 aliphatic heterocycles. The molecule has 1 saturated carbocycles. The molecular weight excluding hydrogens is 256 g/mol. The van der Waals surface area contributed by atoms with E-state index in [1.54, 1.807) is 5.57 Å². The van der Waals surface area contributed by atoms with Gasteiger partial charge in [0.25, 0.3) is 0 Å². The van der Waals surface area contributed by atoms with Crippen molar-refractivity contribution in [3.8, 4) is 0 Å². The van der Waals surface area contributed by atoms with Crippen LogP contribution in [0.1, 0.15) is 46.5 Å². The first-order valence-electron chi connectivity index (χ1n) is 8.80. The van der Waals surface area contributed by atoms with E-state index in [-0.39, 0.29) is 5.54 Å². The first kappa shape index (κ1) is 13.6. The molecule has 0 amide bonds. The van der Waals surface area contributed by atoms with Gasteiger partial charge in [0.1, 0.15) is 0 Å². The van der Waals surface area contributed by atoms with Crippen LogP contribution in [0.2, 0.25) is 0 Å². The van der Waals surface area contributed by atoms with Crippen LogP contribution >= 0.6 is 0 Å². The van der Waals surface area contributed by atoms with Gasteiger partial charge in [0.15, 0.2) is 0 Å². The second-order valence-electron chi connectivity index (χ2n) is 7.48. The lowest BCUT2D eigenvalue weighted by Gasteiger charge is -2.48. The highest BCUT2D eigenvalue weighted by Gasteiger charge is 2.51. The van der Waals surface area contributed by atoms with Crippen molar-refractivity contribution in [2.75, 3.05) is 6.54 Å². The lowest BCUT2D eigenvalue weighted by Crippen LogP contribution is -2.58. The summed E-state index contributed by atoms with van der Waals surface area (Å²) in [6.45, 7) is 8.24. The minimum atomic E-state index is 0.268. The fourth-order valence-electron chi connectivity index (χ4n) is 5.52. The molecule has 0 aromatic rings. The highest BCUT2D eigenvalue weighted by molar-refractivity contribution is 5.46. The number of fused-ring (bicyclic) bond motifs is 2. The van der Waals surface area contributed by atoms with Gasteiger partial charge >= 0.3 is 0 Å². The van der Waals surface area contributed by atoms with Gasteiger partial charge in [-0.25, -0.2) is 0 Å².